The molecule has 0 unspecified atom stereocenters. The Labute approximate surface area is 146 Å². The number of fused-ring (bicyclic) bond motifs is 1. The van der Waals surface area contributed by atoms with Crippen LogP contribution in [0.5, 0.6) is 0 Å². The third kappa shape index (κ3) is 3.16. The molecule has 0 radical (unpaired) electrons. The fourth-order valence-electron chi connectivity index (χ4n) is 3.66. The van der Waals surface area contributed by atoms with Crippen molar-refractivity contribution in [2.24, 2.45) is 0 Å². The van der Waals surface area contributed by atoms with Crippen LogP contribution in [-0.2, 0) is 22.6 Å². The van der Waals surface area contributed by atoms with Crippen LogP contribution in [0, 0.1) is 0 Å². The van der Waals surface area contributed by atoms with E-state index in [2.05, 4.69) is 20.2 Å². The number of rotatable bonds is 3. The fourth-order valence-corrected chi connectivity index (χ4v) is 3.66. The molecular weight excluding hydrogens is 316 g/mol. The highest BCUT2D eigenvalue weighted by atomic mass is 16.2. The highest BCUT2D eigenvalue weighted by molar-refractivity contribution is 6.00. The molecular formula is C19H22N4O2. The van der Waals surface area contributed by atoms with Gasteiger partial charge < -0.3 is 15.2 Å². The Morgan fingerprint density at radius 3 is 2.96 bits per heavy atom. The second kappa shape index (κ2) is 6.70. The van der Waals surface area contributed by atoms with Crippen molar-refractivity contribution in [2.45, 2.75) is 51.1 Å². The Hall–Kier alpha value is -2.63. The van der Waals surface area contributed by atoms with Gasteiger partial charge in [0.15, 0.2) is 0 Å². The molecule has 3 heterocycles. The quantitative estimate of drug-likeness (QED) is 0.903. The monoisotopic (exact) mass is 338 g/mol. The lowest BCUT2D eigenvalue weighted by Crippen LogP contribution is -2.46. The van der Waals surface area contributed by atoms with Crippen molar-refractivity contribution in [1.82, 2.24) is 14.9 Å². The average molecular weight is 338 g/mol. The first-order chi connectivity index (χ1) is 12.2. The van der Waals surface area contributed by atoms with Gasteiger partial charge in [0, 0.05) is 30.4 Å². The first-order valence-electron chi connectivity index (χ1n) is 8.96. The molecule has 2 aliphatic heterocycles. The molecule has 1 fully saturated rings. The van der Waals surface area contributed by atoms with Gasteiger partial charge in [-0.25, -0.2) is 4.98 Å². The summed E-state index contributed by atoms with van der Waals surface area (Å²) in [6, 6.07) is 7.28. The van der Waals surface area contributed by atoms with Crippen molar-refractivity contribution in [3.05, 3.63) is 36.2 Å². The zero-order valence-electron chi connectivity index (χ0n) is 14.1. The summed E-state index contributed by atoms with van der Waals surface area (Å²) in [5.41, 5.74) is 2.92. The van der Waals surface area contributed by atoms with Gasteiger partial charge in [-0.2, -0.15) is 0 Å². The summed E-state index contributed by atoms with van der Waals surface area (Å²) in [4.78, 5) is 28.7. The summed E-state index contributed by atoms with van der Waals surface area (Å²) in [6.45, 7) is 0.964. The Morgan fingerprint density at radius 2 is 2.08 bits per heavy atom. The zero-order chi connectivity index (χ0) is 17.2. The van der Waals surface area contributed by atoms with Crippen molar-refractivity contribution in [3.63, 3.8) is 0 Å². The van der Waals surface area contributed by atoms with Crippen molar-refractivity contribution >= 4 is 17.5 Å². The molecule has 1 aromatic carbocycles. The third-order valence-electron chi connectivity index (χ3n) is 4.98. The Kier molecular flexibility index (Phi) is 4.26. The van der Waals surface area contributed by atoms with E-state index in [-0.39, 0.29) is 11.8 Å². The van der Waals surface area contributed by atoms with Gasteiger partial charge in [0.1, 0.15) is 11.9 Å². The molecule has 25 heavy (non-hydrogen) atoms. The molecule has 1 saturated heterocycles. The maximum absolute atomic E-state index is 12.6. The maximum Gasteiger partial charge on any atom is 0.246 e. The predicted molar refractivity (Wildman–Crippen MR) is 95.0 cm³/mol. The number of anilines is 1. The molecule has 6 heteroatoms. The normalized spacial score (nSPS) is 19.8. The van der Waals surface area contributed by atoms with Crippen LogP contribution in [0.25, 0.3) is 11.4 Å². The van der Waals surface area contributed by atoms with Crippen LogP contribution in [0.3, 0.4) is 0 Å². The van der Waals surface area contributed by atoms with E-state index >= 15 is 0 Å². The molecule has 2 amide bonds. The molecule has 0 saturated carbocycles. The minimum absolute atomic E-state index is 0.0537. The van der Waals surface area contributed by atoms with Gasteiger partial charge in [-0.15, -0.1) is 0 Å². The number of benzene rings is 1. The number of amides is 2. The van der Waals surface area contributed by atoms with Crippen LogP contribution >= 0.6 is 0 Å². The number of aryl methyl sites for hydroxylation is 1. The predicted octanol–water partition coefficient (Wildman–Crippen LogP) is 2.49. The summed E-state index contributed by atoms with van der Waals surface area (Å²) in [7, 11) is 0. The summed E-state index contributed by atoms with van der Waals surface area (Å²) in [5.74, 6) is 0.686. The molecule has 2 aliphatic rings. The number of para-hydroxylation sites is 1. The standard InChI is InChI=1S/C19H22N4O2/c24-17-10-5-9-16(21-17)19(25)22-15-8-2-1-7-14(15)18-20-12-13-6-3-4-11-23(13)18/h1-2,7-8,12,16H,3-6,9-11H2,(H,21,24)(H,22,25)/t16-/m1/s1. The zero-order valence-corrected chi connectivity index (χ0v) is 14.1. The number of aromatic nitrogens is 2. The van der Waals surface area contributed by atoms with Gasteiger partial charge in [-0.1, -0.05) is 12.1 Å². The van der Waals surface area contributed by atoms with Crippen LogP contribution in [-0.4, -0.2) is 27.4 Å². The van der Waals surface area contributed by atoms with Gasteiger partial charge in [0.2, 0.25) is 11.8 Å². The molecule has 1 aromatic heterocycles. The Balaban J connectivity index is 1.60. The first kappa shape index (κ1) is 15.9. The molecule has 2 N–H and O–H groups in total. The number of hydrogen-bond donors (Lipinski definition) is 2. The molecule has 2 aromatic rings. The highest BCUT2D eigenvalue weighted by Gasteiger charge is 2.25. The molecule has 0 aliphatic carbocycles. The third-order valence-corrected chi connectivity index (χ3v) is 4.98. The van der Waals surface area contributed by atoms with Gasteiger partial charge in [-0.05, 0) is 44.2 Å². The van der Waals surface area contributed by atoms with E-state index in [1.165, 1.54) is 12.1 Å². The average Bonchev–Trinajstić information content (AvgIpc) is 3.06. The lowest BCUT2D eigenvalue weighted by atomic mass is 10.0. The fraction of sp³-hybridized carbons (Fsp3) is 0.421. The first-order valence-corrected chi connectivity index (χ1v) is 8.96. The van der Waals surface area contributed by atoms with Crippen molar-refractivity contribution in [1.29, 1.82) is 0 Å². The van der Waals surface area contributed by atoms with E-state index in [9.17, 15) is 9.59 Å². The van der Waals surface area contributed by atoms with Gasteiger partial charge in [-0.3, -0.25) is 9.59 Å². The number of nitrogens with zero attached hydrogens (tertiary/aromatic N) is 2. The number of imidazole rings is 1. The second-order valence-electron chi connectivity index (χ2n) is 6.73. The van der Waals surface area contributed by atoms with Crippen LogP contribution in [0.4, 0.5) is 5.69 Å². The number of hydrogen-bond acceptors (Lipinski definition) is 3. The molecule has 0 spiro atoms. The highest BCUT2D eigenvalue weighted by Crippen LogP contribution is 2.30. The Morgan fingerprint density at radius 1 is 1.20 bits per heavy atom. The van der Waals surface area contributed by atoms with Crippen LogP contribution < -0.4 is 10.6 Å². The SMILES string of the molecule is O=C1CCC[C@H](C(=O)Nc2ccccc2-c2ncc3n2CCCC3)N1. The van der Waals surface area contributed by atoms with E-state index in [4.69, 9.17) is 0 Å². The smallest absolute Gasteiger partial charge is 0.246 e. The van der Waals surface area contributed by atoms with E-state index in [0.717, 1.165) is 42.9 Å². The lowest BCUT2D eigenvalue weighted by Gasteiger charge is -2.23. The number of carbonyl (C=O) groups excluding carboxylic acids is 2. The number of nitrogens with one attached hydrogen (secondary N) is 2. The summed E-state index contributed by atoms with van der Waals surface area (Å²) in [5, 5.41) is 5.76. The van der Waals surface area contributed by atoms with Gasteiger partial charge in [0.25, 0.3) is 0 Å². The van der Waals surface area contributed by atoms with Crippen LogP contribution in [0.15, 0.2) is 30.5 Å². The topological polar surface area (TPSA) is 76.0 Å². The molecule has 130 valence electrons. The van der Waals surface area contributed by atoms with E-state index in [0.29, 0.717) is 12.8 Å². The summed E-state index contributed by atoms with van der Waals surface area (Å²) >= 11 is 0. The lowest BCUT2D eigenvalue weighted by molar-refractivity contribution is -0.128. The summed E-state index contributed by atoms with van der Waals surface area (Å²) in [6.07, 6.45) is 7.27. The van der Waals surface area contributed by atoms with E-state index in [1.54, 1.807) is 0 Å². The van der Waals surface area contributed by atoms with E-state index < -0.39 is 6.04 Å². The molecule has 0 bridgehead atoms. The minimum Gasteiger partial charge on any atom is -0.344 e. The summed E-state index contributed by atoms with van der Waals surface area (Å²) < 4.78 is 2.25. The largest absolute Gasteiger partial charge is 0.344 e. The minimum atomic E-state index is -0.455. The maximum atomic E-state index is 12.6. The second-order valence-corrected chi connectivity index (χ2v) is 6.73. The molecule has 1 atom stereocenters. The molecule has 4 rings (SSSR count). The Bertz CT molecular complexity index is 812. The van der Waals surface area contributed by atoms with Crippen LogP contribution in [0.2, 0.25) is 0 Å². The van der Waals surface area contributed by atoms with Crippen LogP contribution in [0.1, 0.15) is 37.8 Å². The van der Waals surface area contributed by atoms with Crippen molar-refractivity contribution in [3.8, 4) is 11.4 Å². The van der Waals surface area contributed by atoms with E-state index in [1.807, 2.05) is 30.5 Å². The van der Waals surface area contributed by atoms with Crippen molar-refractivity contribution in [2.75, 3.05) is 5.32 Å². The number of carbonyl (C=O) groups is 2. The van der Waals surface area contributed by atoms with Gasteiger partial charge in [0.05, 0.1) is 5.69 Å². The van der Waals surface area contributed by atoms with Crippen molar-refractivity contribution < 1.29 is 9.59 Å². The van der Waals surface area contributed by atoms with Gasteiger partial charge >= 0.3 is 0 Å². The number of piperidine rings is 1. The molecule has 6 nitrogen and oxygen atoms in total.